The van der Waals surface area contributed by atoms with Crippen molar-refractivity contribution in [1.29, 1.82) is 0 Å². The van der Waals surface area contributed by atoms with E-state index in [1.165, 1.54) is 10.2 Å². The molecule has 1 heterocycles. The van der Waals surface area contributed by atoms with Crippen LogP contribution in [0.5, 0.6) is 0 Å². The van der Waals surface area contributed by atoms with Crippen LogP contribution in [-0.2, 0) is 24.7 Å². The lowest BCUT2D eigenvalue weighted by atomic mass is 10.00. The average Bonchev–Trinajstić information content (AvgIpc) is 2.66. The van der Waals surface area contributed by atoms with E-state index in [2.05, 4.69) is 48.5 Å². The van der Waals surface area contributed by atoms with Crippen LogP contribution in [-0.4, -0.2) is 15.7 Å². The topological polar surface area (TPSA) is 64.0 Å². The van der Waals surface area contributed by atoms with Crippen LogP contribution in [0.25, 0.3) is 10.8 Å². The molecule has 3 aromatic rings. The maximum Gasteiger partial charge on any atom is 0.274 e. The van der Waals surface area contributed by atoms with Crippen LogP contribution in [0.4, 0.5) is 0 Å². The van der Waals surface area contributed by atoms with Gasteiger partial charge >= 0.3 is 0 Å². The van der Waals surface area contributed by atoms with Crippen LogP contribution in [0.15, 0.2) is 53.3 Å². The van der Waals surface area contributed by atoms with Gasteiger partial charge in [0.1, 0.15) is 0 Å². The second-order valence-electron chi connectivity index (χ2n) is 7.73. The molecule has 1 atom stereocenters. The molecule has 0 saturated heterocycles. The number of aryl methyl sites for hydroxylation is 1. The fourth-order valence-electron chi connectivity index (χ4n) is 3.45. The lowest BCUT2D eigenvalue weighted by Crippen LogP contribution is -2.30. The monoisotopic (exact) mass is 377 g/mol. The molecule has 28 heavy (non-hydrogen) atoms. The minimum Gasteiger partial charge on any atom is -0.349 e. The van der Waals surface area contributed by atoms with Gasteiger partial charge in [0.15, 0.2) is 0 Å². The van der Waals surface area contributed by atoms with Crippen LogP contribution in [0, 0.1) is 5.92 Å². The van der Waals surface area contributed by atoms with E-state index < -0.39 is 0 Å². The molecule has 146 valence electrons. The number of carbonyl (C=O) groups is 1. The van der Waals surface area contributed by atoms with Crippen LogP contribution < -0.4 is 10.9 Å². The summed E-state index contributed by atoms with van der Waals surface area (Å²) in [5.41, 5.74) is 2.82. The molecule has 0 aliphatic rings. The van der Waals surface area contributed by atoms with E-state index in [1.54, 1.807) is 13.1 Å². The highest BCUT2D eigenvalue weighted by molar-refractivity contribution is 5.88. The first-order chi connectivity index (χ1) is 13.3. The van der Waals surface area contributed by atoms with Gasteiger partial charge in [0, 0.05) is 12.4 Å². The standard InChI is InChI=1S/C23H27N3O2/c1-15(2)13-17-9-11-18(12-10-17)16(3)24-22(27)14-21-19-7-5-6-8-20(19)23(28)26(4)25-21/h5-12,15-16H,13-14H2,1-4H3,(H,24,27)/t16-/m1/s1. The predicted octanol–water partition coefficient (Wildman–Crippen LogP) is 3.55. The average molecular weight is 377 g/mol. The van der Waals surface area contributed by atoms with Gasteiger partial charge in [-0.25, -0.2) is 4.68 Å². The molecule has 0 bridgehead atoms. The Hall–Kier alpha value is -2.95. The number of aromatic nitrogens is 2. The van der Waals surface area contributed by atoms with Crippen molar-refractivity contribution in [3.63, 3.8) is 0 Å². The van der Waals surface area contributed by atoms with Crippen molar-refractivity contribution in [2.24, 2.45) is 13.0 Å². The molecule has 0 spiro atoms. The van der Waals surface area contributed by atoms with E-state index in [0.29, 0.717) is 17.0 Å². The summed E-state index contributed by atoms with van der Waals surface area (Å²) >= 11 is 0. The number of hydrogen-bond acceptors (Lipinski definition) is 3. The maximum atomic E-state index is 12.6. The molecule has 0 aliphatic carbocycles. The van der Waals surface area contributed by atoms with Crippen LogP contribution in [0.3, 0.4) is 0 Å². The van der Waals surface area contributed by atoms with E-state index in [-0.39, 0.29) is 23.9 Å². The fourth-order valence-corrected chi connectivity index (χ4v) is 3.45. The quantitative estimate of drug-likeness (QED) is 0.714. The molecule has 0 saturated carbocycles. The zero-order valence-corrected chi connectivity index (χ0v) is 16.9. The third-order valence-corrected chi connectivity index (χ3v) is 4.86. The highest BCUT2D eigenvalue weighted by atomic mass is 16.1. The zero-order valence-electron chi connectivity index (χ0n) is 16.9. The summed E-state index contributed by atoms with van der Waals surface area (Å²) in [5, 5.41) is 8.65. The normalized spacial score (nSPS) is 12.3. The third kappa shape index (κ3) is 4.47. The van der Waals surface area contributed by atoms with Gasteiger partial charge in [-0.15, -0.1) is 0 Å². The van der Waals surface area contributed by atoms with Gasteiger partial charge in [-0.05, 0) is 36.5 Å². The minimum absolute atomic E-state index is 0.0978. The highest BCUT2D eigenvalue weighted by Crippen LogP contribution is 2.17. The van der Waals surface area contributed by atoms with Crippen LogP contribution in [0.2, 0.25) is 0 Å². The van der Waals surface area contributed by atoms with Crippen molar-refractivity contribution in [2.45, 2.75) is 39.7 Å². The first kappa shape index (κ1) is 19.8. The summed E-state index contributed by atoms with van der Waals surface area (Å²) in [6, 6.07) is 15.6. The molecule has 0 radical (unpaired) electrons. The number of hydrogen-bond donors (Lipinski definition) is 1. The van der Waals surface area contributed by atoms with Gasteiger partial charge in [0.25, 0.3) is 5.56 Å². The number of fused-ring (bicyclic) bond motifs is 1. The summed E-state index contributed by atoms with van der Waals surface area (Å²) in [6.45, 7) is 6.38. The summed E-state index contributed by atoms with van der Waals surface area (Å²) in [5.74, 6) is 0.502. The molecule has 0 unspecified atom stereocenters. The Morgan fingerprint density at radius 2 is 1.68 bits per heavy atom. The Labute approximate surface area is 165 Å². The number of carbonyl (C=O) groups excluding carboxylic acids is 1. The number of benzene rings is 2. The third-order valence-electron chi connectivity index (χ3n) is 4.86. The van der Waals surface area contributed by atoms with Crippen molar-refractivity contribution < 1.29 is 4.79 Å². The number of nitrogens with zero attached hydrogens (tertiary/aromatic N) is 2. The largest absolute Gasteiger partial charge is 0.349 e. The molecule has 1 aromatic heterocycles. The first-order valence-corrected chi connectivity index (χ1v) is 9.68. The van der Waals surface area contributed by atoms with E-state index in [9.17, 15) is 9.59 Å². The van der Waals surface area contributed by atoms with Crippen molar-refractivity contribution in [3.05, 3.63) is 75.7 Å². The minimum atomic E-state index is -0.158. The lowest BCUT2D eigenvalue weighted by molar-refractivity contribution is -0.121. The second-order valence-corrected chi connectivity index (χ2v) is 7.73. The van der Waals surface area contributed by atoms with Gasteiger partial charge in [0.2, 0.25) is 5.91 Å². The van der Waals surface area contributed by atoms with Gasteiger partial charge in [-0.2, -0.15) is 5.10 Å². The molecular weight excluding hydrogens is 350 g/mol. The second kappa shape index (κ2) is 8.38. The Bertz CT molecular complexity index is 1040. The number of rotatable bonds is 6. The Kier molecular flexibility index (Phi) is 5.93. The van der Waals surface area contributed by atoms with Crippen LogP contribution >= 0.6 is 0 Å². The summed E-state index contributed by atoms with van der Waals surface area (Å²) in [4.78, 5) is 24.8. The van der Waals surface area contributed by atoms with E-state index in [0.717, 1.165) is 17.4 Å². The van der Waals surface area contributed by atoms with E-state index in [1.807, 2.05) is 25.1 Å². The Morgan fingerprint density at radius 3 is 2.32 bits per heavy atom. The van der Waals surface area contributed by atoms with Gasteiger partial charge in [-0.3, -0.25) is 9.59 Å². The molecule has 5 nitrogen and oxygen atoms in total. The van der Waals surface area contributed by atoms with Crippen LogP contribution in [0.1, 0.15) is 43.6 Å². The SMILES string of the molecule is CC(C)Cc1ccc([C@@H](C)NC(=O)Cc2nn(C)c(=O)c3ccccc23)cc1. The predicted molar refractivity (Wildman–Crippen MR) is 112 cm³/mol. The van der Waals surface area contributed by atoms with Crippen molar-refractivity contribution in [1.82, 2.24) is 15.1 Å². The van der Waals surface area contributed by atoms with Gasteiger partial charge in [0.05, 0.1) is 23.5 Å². The maximum absolute atomic E-state index is 12.6. The molecule has 1 N–H and O–H groups in total. The molecule has 5 heteroatoms. The van der Waals surface area contributed by atoms with Gasteiger partial charge in [-0.1, -0.05) is 56.3 Å². The summed E-state index contributed by atoms with van der Waals surface area (Å²) in [6.07, 6.45) is 1.18. The highest BCUT2D eigenvalue weighted by Gasteiger charge is 2.15. The Morgan fingerprint density at radius 1 is 1.04 bits per heavy atom. The van der Waals surface area contributed by atoms with Crippen molar-refractivity contribution in [2.75, 3.05) is 0 Å². The number of amides is 1. The molecule has 0 aliphatic heterocycles. The lowest BCUT2D eigenvalue weighted by Gasteiger charge is -2.16. The summed E-state index contributed by atoms with van der Waals surface area (Å²) < 4.78 is 1.29. The molecule has 3 rings (SSSR count). The molecule has 2 aromatic carbocycles. The first-order valence-electron chi connectivity index (χ1n) is 9.68. The van der Waals surface area contributed by atoms with E-state index >= 15 is 0 Å². The Balaban J connectivity index is 1.73. The van der Waals surface area contributed by atoms with Crippen molar-refractivity contribution >= 4 is 16.7 Å². The molecular formula is C23H27N3O2. The number of nitrogens with one attached hydrogen (secondary N) is 1. The molecule has 0 fully saturated rings. The smallest absolute Gasteiger partial charge is 0.274 e. The molecule has 1 amide bonds. The fraction of sp³-hybridized carbons (Fsp3) is 0.348. The van der Waals surface area contributed by atoms with E-state index in [4.69, 9.17) is 0 Å². The zero-order chi connectivity index (χ0) is 20.3. The summed E-state index contributed by atoms with van der Waals surface area (Å²) in [7, 11) is 1.61. The van der Waals surface area contributed by atoms with Gasteiger partial charge < -0.3 is 5.32 Å². The van der Waals surface area contributed by atoms with Crippen molar-refractivity contribution in [3.8, 4) is 0 Å².